The van der Waals surface area contributed by atoms with Crippen molar-refractivity contribution in [2.75, 3.05) is 39.6 Å². The van der Waals surface area contributed by atoms with Crippen molar-refractivity contribution in [3.05, 3.63) is 0 Å². The number of hydrogen-bond acceptors (Lipinski definition) is 15. The zero-order valence-electron chi connectivity index (χ0n) is 64.8. The first-order valence-electron chi connectivity index (χ1n) is 41.5. The van der Waals surface area contributed by atoms with Gasteiger partial charge in [-0.2, -0.15) is 0 Å². The summed E-state index contributed by atoms with van der Waals surface area (Å²) in [7, 11) is -9.92. The number of carbonyl (C=O) groups is 4. The SMILES string of the molecule is CCCCCCCCCCCCCCCCCC(=O)O[C@H](COC(=O)CCCCCCCCCCCCC)COP(=O)(O)OC[C@H](O)COP(=O)(O)OC[C@@H](COC(=O)CCCCCCCCCCCCCCC(C)C)OC(=O)CCCCCCCCCCCCCCCCCC(C)C. The standard InChI is InChI=1S/C80H156O17P2/c1-7-9-11-13-15-17-19-20-22-26-34-40-46-52-58-64-79(84)96-75(68-90-77(82)62-56-50-44-38-30-18-16-14-12-10-8-2)70-94-98(86,87)92-66-74(81)67-93-99(88,89)95-71-76(69-91-78(83)63-57-51-45-39-33-29-28-32-37-43-49-55-61-73(5)6)97-80(85)65-59-53-47-41-35-27-24-21-23-25-31-36-42-48-54-60-72(3)4/h72-76,81H,7-71H2,1-6H3,(H,86,87)(H,88,89)/t74-,75+,76+/m0/s1. The third-order valence-corrected chi connectivity index (χ3v) is 20.6. The second kappa shape index (κ2) is 71.7. The van der Waals surface area contributed by atoms with Crippen molar-refractivity contribution < 1.29 is 80.2 Å². The number of unbranched alkanes of at least 4 members (excludes halogenated alkanes) is 49. The Kier molecular flexibility index (Phi) is 70.3. The van der Waals surface area contributed by atoms with E-state index in [9.17, 15) is 43.2 Å². The molecule has 0 aliphatic heterocycles. The molecule has 0 saturated heterocycles. The summed E-state index contributed by atoms with van der Waals surface area (Å²) in [6.07, 6.45) is 60.9. The summed E-state index contributed by atoms with van der Waals surface area (Å²) in [4.78, 5) is 73.0. The van der Waals surface area contributed by atoms with Gasteiger partial charge in [-0.1, -0.05) is 369 Å². The van der Waals surface area contributed by atoms with Gasteiger partial charge < -0.3 is 33.8 Å². The molecule has 99 heavy (non-hydrogen) atoms. The Hall–Kier alpha value is -1.94. The van der Waals surface area contributed by atoms with Crippen LogP contribution < -0.4 is 0 Å². The van der Waals surface area contributed by atoms with Crippen LogP contribution in [0.25, 0.3) is 0 Å². The van der Waals surface area contributed by atoms with Crippen molar-refractivity contribution in [1.29, 1.82) is 0 Å². The molecule has 0 saturated carbocycles. The van der Waals surface area contributed by atoms with Gasteiger partial charge in [0.05, 0.1) is 26.4 Å². The first-order valence-corrected chi connectivity index (χ1v) is 44.5. The van der Waals surface area contributed by atoms with Crippen LogP contribution in [0.3, 0.4) is 0 Å². The molecule has 0 aromatic rings. The first kappa shape index (κ1) is 97.1. The summed E-state index contributed by atoms with van der Waals surface area (Å²) in [6.45, 7) is 9.67. The van der Waals surface area contributed by atoms with Crippen molar-refractivity contribution in [2.45, 2.75) is 439 Å². The number of esters is 4. The molecule has 0 fully saturated rings. The van der Waals surface area contributed by atoms with Gasteiger partial charge in [0.1, 0.15) is 19.3 Å². The maximum absolute atomic E-state index is 13.1. The summed E-state index contributed by atoms with van der Waals surface area (Å²) in [6, 6.07) is 0. The Balaban J connectivity index is 5.25. The number of phosphoric acid groups is 2. The predicted molar refractivity (Wildman–Crippen MR) is 405 cm³/mol. The maximum Gasteiger partial charge on any atom is 0.472 e. The number of hydrogen-bond donors (Lipinski definition) is 3. The fourth-order valence-corrected chi connectivity index (χ4v) is 13.9. The van der Waals surface area contributed by atoms with Gasteiger partial charge in [-0.25, -0.2) is 9.13 Å². The normalized spacial score (nSPS) is 13.9. The van der Waals surface area contributed by atoms with E-state index in [0.29, 0.717) is 25.7 Å². The van der Waals surface area contributed by atoms with Crippen LogP contribution in [-0.2, 0) is 65.4 Å². The van der Waals surface area contributed by atoms with Gasteiger partial charge in [-0.3, -0.25) is 37.3 Å². The van der Waals surface area contributed by atoms with Crippen LogP contribution in [0.1, 0.15) is 420 Å². The highest BCUT2D eigenvalue weighted by Gasteiger charge is 2.30. The van der Waals surface area contributed by atoms with E-state index < -0.39 is 97.5 Å². The number of carbonyl (C=O) groups excluding carboxylic acids is 4. The molecule has 0 aliphatic carbocycles. The summed E-state index contributed by atoms with van der Waals surface area (Å²) in [5.74, 6) is -0.523. The van der Waals surface area contributed by atoms with Crippen molar-refractivity contribution in [2.24, 2.45) is 11.8 Å². The van der Waals surface area contributed by atoms with Gasteiger partial charge in [0.25, 0.3) is 0 Å². The topological polar surface area (TPSA) is 237 Å². The van der Waals surface area contributed by atoms with Gasteiger partial charge in [-0.05, 0) is 37.5 Å². The third-order valence-electron chi connectivity index (χ3n) is 18.7. The van der Waals surface area contributed by atoms with Crippen LogP contribution >= 0.6 is 15.6 Å². The molecule has 0 rings (SSSR count). The molecule has 0 bridgehead atoms. The Labute approximate surface area is 607 Å². The molecular formula is C80H156O17P2. The van der Waals surface area contributed by atoms with E-state index >= 15 is 0 Å². The summed E-state index contributed by atoms with van der Waals surface area (Å²) < 4.78 is 68.7. The van der Waals surface area contributed by atoms with Crippen LogP contribution in [0.5, 0.6) is 0 Å². The molecule has 0 spiro atoms. The molecule has 19 heteroatoms. The highest BCUT2D eigenvalue weighted by atomic mass is 31.2. The Morgan fingerprint density at radius 2 is 0.465 bits per heavy atom. The van der Waals surface area contributed by atoms with Crippen LogP contribution in [0.2, 0.25) is 0 Å². The average Bonchev–Trinajstić information content (AvgIpc) is 0.965. The average molecular weight is 1450 g/mol. The van der Waals surface area contributed by atoms with Gasteiger partial charge in [0.15, 0.2) is 12.2 Å². The fourth-order valence-electron chi connectivity index (χ4n) is 12.4. The highest BCUT2D eigenvalue weighted by molar-refractivity contribution is 7.47. The van der Waals surface area contributed by atoms with Crippen LogP contribution in [0.15, 0.2) is 0 Å². The molecule has 3 N–H and O–H groups in total. The maximum atomic E-state index is 13.1. The number of rotatable bonds is 79. The van der Waals surface area contributed by atoms with E-state index in [4.69, 9.17) is 37.0 Å². The Bertz CT molecular complexity index is 1910. The second-order valence-electron chi connectivity index (χ2n) is 29.8. The van der Waals surface area contributed by atoms with E-state index in [1.807, 2.05) is 0 Å². The minimum atomic E-state index is -4.96. The molecule has 0 heterocycles. The summed E-state index contributed by atoms with van der Waals surface area (Å²) in [5.41, 5.74) is 0. The zero-order valence-corrected chi connectivity index (χ0v) is 66.6. The van der Waals surface area contributed by atoms with Crippen LogP contribution in [0.4, 0.5) is 0 Å². The lowest BCUT2D eigenvalue weighted by Gasteiger charge is -2.21. The highest BCUT2D eigenvalue weighted by Crippen LogP contribution is 2.45. The molecule has 0 amide bonds. The van der Waals surface area contributed by atoms with Gasteiger partial charge in [0.2, 0.25) is 0 Å². The minimum Gasteiger partial charge on any atom is -0.462 e. The lowest BCUT2D eigenvalue weighted by atomic mass is 10.0. The van der Waals surface area contributed by atoms with Gasteiger partial charge in [-0.15, -0.1) is 0 Å². The van der Waals surface area contributed by atoms with Crippen LogP contribution in [-0.4, -0.2) is 96.7 Å². The lowest BCUT2D eigenvalue weighted by molar-refractivity contribution is -0.161. The molecule has 0 radical (unpaired) electrons. The van der Waals surface area contributed by atoms with Crippen molar-refractivity contribution in [3.8, 4) is 0 Å². The molecule has 2 unspecified atom stereocenters. The summed E-state index contributed by atoms with van der Waals surface area (Å²) >= 11 is 0. The van der Waals surface area contributed by atoms with Gasteiger partial charge in [0, 0.05) is 25.7 Å². The number of aliphatic hydroxyl groups is 1. The quantitative estimate of drug-likeness (QED) is 0.0222. The molecule has 0 aliphatic rings. The predicted octanol–water partition coefficient (Wildman–Crippen LogP) is 23.9. The van der Waals surface area contributed by atoms with Crippen molar-refractivity contribution in [3.63, 3.8) is 0 Å². The molecule has 0 aromatic heterocycles. The second-order valence-corrected chi connectivity index (χ2v) is 32.7. The van der Waals surface area contributed by atoms with E-state index in [-0.39, 0.29) is 25.7 Å². The molecular weight excluding hydrogens is 1290 g/mol. The number of aliphatic hydroxyl groups excluding tert-OH is 1. The minimum absolute atomic E-state index is 0.108. The molecule has 17 nitrogen and oxygen atoms in total. The van der Waals surface area contributed by atoms with Crippen LogP contribution in [0, 0.1) is 11.8 Å². The number of ether oxygens (including phenoxy) is 4. The van der Waals surface area contributed by atoms with Gasteiger partial charge >= 0.3 is 39.5 Å². The summed E-state index contributed by atoms with van der Waals surface area (Å²) in [5, 5.41) is 10.6. The zero-order chi connectivity index (χ0) is 72.8. The van der Waals surface area contributed by atoms with Crippen molar-refractivity contribution in [1.82, 2.24) is 0 Å². The largest absolute Gasteiger partial charge is 0.472 e. The van der Waals surface area contributed by atoms with Crippen molar-refractivity contribution >= 4 is 39.5 Å². The van der Waals surface area contributed by atoms with E-state index in [0.717, 1.165) is 102 Å². The Morgan fingerprint density at radius 3 is 0.687 bits per heavy atom. The molecule has 588 valence electrons. The fraction of sp³-hybridized carbons (Fsp3) is 0.950. The lowest BCUT2D eigenvalue weighted by Crippen LogP contribution is -2.30. The number of phosphoric ester groups is 2. The van der Waals surface area contributed by atoms with E-state index in [1.165, 1.54) is 238 Å². The molecule has 0 aromatic carbocycles. The molecule has 5 atom stereocenters. The first-order chi connectivity index (χ1) is 47.9. The van der Waals surface area contributed by atoms with E-state index in [1.54, 1.807) is 0 Å². The van der Waals surface area contributed by atoms with E-state index in [2.05, 4.69) is 41.5 Å². The Morgan fingerprint density at radius 1 is 0.273 bits per heavy atom. The third kappa shape index (κ3) is 74.1. The monoisotopic (exact) mass is 1450 g/mol. The smallest absolute Gasteiger partial charge is 0.462 e.